The smallest absolute Gasteiger partial charge is 0.365 e. The van der Waals surface area contributed by atoms with Crippen molar-refractivity contribution in [2.75, 3.05) is 18.4 Å². The Bertz CT molecular complexity index is 1250. The normalized spacial score (nSPS) is 16.4. The summed E-state index contributed by atoms with van der Waals surface area (Å²) < 4.78 is 40.1. The third-order valence-corrected chi connectivity index (χ3v) is 5.50. The second-order valence-electron chi connectivity index (χ2n) is 7.59. The molecule has 7 nitrogen and oxygen atoms in total. The van der Waals surface area contributed by atoms with Crippen LogP contribution >= 0.6 is 0 Å². The summed E-state index contributed by atoms with van der Waals surface area (Å²) in [7, 11) is 1.61. The first kappa shape index (κ1) is 21.5. The van der Waals surface area contributed by atoms with E-state index in [2.05, 4.69) is 21.9 Å². The molecule has 1 atom stereocenters. The lowest BCUT2D eigenvalue weighted by atomic mass is 10.0. The van der Waals surface area contributed by atoms with E-state index < -0.39 is 11.7 Å². The van der Waals surface area contributed by atoms with E-state index in [9.17, 15) is 22.8 Å². The first-order valence-corrected chi connectivity index (χ1v) is 9.89. The van der Waals surface area contributed by atoms with Gasteiger partial charge in [-0.25, -0.2) is 4.98 Å². The molecule has 4 heterocycles. The Morgan fingerprint density at radius 3 is 2.69 bits per heavy atom. The summed E-state index contributed by atoms with van der Waals surface area (Å²) in [6.07, 6.45) is 1.29. The summed E-state index contributed by atoms with van der Waals surface area (Å²) in [5, 5.41) is 4.08. The summed E-state index contributed by atoms with van der Waals surface area (Å²) in [5.41, 5.74) is -0.429. The van der Waals surface area contributed by atoms with Crippen LogP contribution in [0, 0.1) is 0 Å². The highest BCUT2D eigenvalue weighted by Crippen LogP contribution is 2.32. The number of nitrogens with zero attached hydrogens (tertiary/aromatic N) is 4. The van der Waals surface area contributed by atoms with Crippen LogP contribution in [0.1, 0.15) is 12.0 Å². The quantitative estimate of drug-likeness (QED) is 0.627. The fourth-order valence-corrected chi connectivity index (χ4v) is 3.78. The molecule has 166 valence electrons. The van der Waals surface area contributed by atoms with Crippen molar-refractivity contribution in [2.24, 2.45) is 7.05 Å². The number of hydrogen-bond acceptors (Lipinski definition) is 5. The molecule has 0 aromatic carbocycles. The zero-order chi connectivity index (χ0) is 23.0. The van der Waals surface area contributed by atoms with E-state index in [1.807, 2.05) is 0 Å². The number of alkyl halides is 3. The fraction of sp³-hybridized carbons (Fsp3) is 0.273. The lowest BCUT2D eigenvalue weighted by molar-refractivity contribution is -0.137. The van der Waals surface area contributed by atoms with Gasteiger partial charge in [0.15, 0.2) is 0 Å². The Labute approximate surface area is 181 Å². The molecule has 0 spiro atoms. The second-order valence-corrected chi connectivity index (χ2v) is 7.59. The number of anilines is 1. The van der Waals surface area contributed by atoms with Gasteiger partial charge in [-0.05, 0) is 30.7 Å². The van der Waals surface area contributed by atoms with Gasteiger partial charge in [0.2, 0.25) is 5.91 Å². The fourth-order valence-electron chi connectivity index (χ4n) is 3.78. The summed E-state index contributed by atoms with van der Waals surface area (Å²) in [5.74, 6) is 0.196. The molecular weight excluding hydrogens is 423 g/mol. The Kier molecular flexibility index (Phi) is 5.45. The summed E-state index contributed by atoms with van der Waals surface area (Å²) >= 11 is 0. The van der Waals surface area contributed by atoms with Crippen molar-refractivity contribution in [2.45, 2.75) is 18.6 Å². The molecular formula is C22H20F3N5O2. The van der Waals surface area contributed by atoms with Crippen LogP contribution in [0.15, 0.2) is 54.2 Å². The van der Waals surface area contributed by atoms with Gasteiger partial charge in [-0.1, -0.05) is 6.58 Å². The molecule has 0 bridgehead atoms. The van der Waals surface area contributed by atoms with Crippen molar-refractivity contribution >= 4 is 22.5 Å². The van der Waals surface area contributed by atoms with Crippen molar-refractivity contribution < 1.29 is 18.0 Å². The molecule has 1 N–H and O–H groups in total. The largest absolute Gasteiger partial charge is 0.417 e. The van der Waals surface area contributed by atoms with E-state index in [0.29, 0.717) is 41.7 Å². The lowest BCUT2D eigenvalue weighted by Crippen LogP contribution is -2.30. The van der Waals surface area contributed by atoms with Gasteiger partial charge in [-0.15, -0.1) is 0 Å². The zero-order valence-electron chi connectivity index (χ0n) is 17.2. The highest BCUT2D eigenvalue weighted by Gasteiger charge is 2.31. The van der Waals surface area contributed by atoms with Gasteiger partial charge in [0.1, 0.15) is 5.82 Å². The number of carbonyl (C=O) groups excluding carboxylic acids is 1. The molecule has 3 aromatic heterocycles. The number of rotatable bonds is 4. The topological polar surface area (TPSA) is 80.1 Å². The first-order valence-electron chi connectivity index (χ1n) is 9.89. The number of likely N-dealkylation sites (tertiary alicyclic amines) is 1. The number of halogens is 3. The number of hydrogen-bond donors (Lipinski definition) is 1. The first-order chi connectivity index (χ1) is 15.2. The molecule has 32 heavy (non-hydrogen) atoms. The van der Waals surface area contributed by atoms with Gasteiger partial charge in [-0.3, -0.25) is 14.6 Å². The van der Waals surface area contributed by atoms with E-state index in [1.54, 1.807) is 24.2 Å². The van der Waals surface area contributed by atoms with Crippen molar-refractivity contribution in [3.63, 3.8) is 0 Å². The van der Waals surface area contributed by atoms with E-state index in [-0.39, 0.29) is 23.2 Å². The minimum Gasteiger partial charge on any atom is -0.365 e. The average Bonchev–Trinajstić information content (AvgIpc) is 3.24. The van der Waals surface area contributed by atoms with Gasteiger partial charge in [-0.2, -0.15) is 13.2 Å². The average molecular weight is 443 g/mol. The van der Waals surface area contributed by atoms with Crippen LogP contribution < -0.4 is 10.9 Å². The van der Waals surface area contributed by atoms with Crippen LogP contribution in [-0.2, 0) is 18.0 Å². The molecule has 1 fully saturated rings. The maximum Gasteiger partial charge on any atom is 0.417 e. The van der Waals surface area contributed by atoms with Crippen molar-refractivity contribution in [3.8, 4) is 11.3 Å². The predicted octanol–water partition coefficient (Wildman–Crippen LogP) is 3.21. The van der Waals surface area contributed by atoms with Gasteiger partial charge in [0, 0.05) is 55.7 Å². The van der Waals surface area contributed by atoms with Crippen LogP contribution in [0.2, 0.25) is 0 Å². The Morgan fingerprint density at radius 2 is 2.03 bits per heavy atom. The second kappa shape index (κ2) is 8.10. The number of pyridine rings is 3. The highest BCUT2D eigenvalue weighted by molar-refractivity contribution is 6.00. The molecule has 1 aliphatic heterocycles. The maximum absolute atomic E-state index is 12.9. The molecule has 0 aliphatic carbocycles. The minimum atomic E-state index is -4.49. The Balaban J connectivity index is 1.74. The van der Waals surface area contributed by atoms with E-state index in [1.165, 1.54) is 22.9 Å². The summed E-state index contributed by atoms with van der Waals surface area (Å²) in [4.78, 5) is 34.8. The van der Waals surface area contributed by atoms with Crippen LogP contribution in [0.4, 0.5) is 19.0 Å². The zero-order valence-corrected chi connectivity index (χ0v) is 17.2. The molecule has 3 aromatic rings. The Hall–Kier alpha value is -3.69. The maximum atomic E-state index is 12.9. The van der Waals surface area contributed by atoms with E-state index in [4.69, 9.17) is 0 Å². The highest BCUT2D eigenvalue weighted by atomic mass is 19.4. The molecule has 10 heteroatoms. The number of aryl methyl sites for hydroxylation is 1. The summed E-state index contributed by atoms with van der Waals surface area (Å²) in [6, 6.07) is 3.82. The van der Waals surface area contributed by atoms with Crippen molar-refractivity contribution in [1.82, 2.24) is 19.4 Å². The molecule has 0 radical (unpaired) electrons. The number of fused-ring (bicyclic) bond motifs is 1. The number of aromatic nitrogens is 3. The van der Waals surface area contributed by atoms with Crippen LogP contribution in [0.5, 0.6) is 0 Å². The molecule has 1 unspecified atom stereocenters. The van der Waals surface area contributed by atoms with Crippen LogP contribution in [0.25, 0.3) is 22.0 Å². The minimum absolute atomic E-state index is 0.102. The van der Waals surface area contributed by atoms with Crippen molar-refractivity contribution in [1.29, 1.82) is 0 Å². The van der Waals surface area contributed by atoms with Crippen molar-refractivity contribution in [3.05, 3.63) is 65.4 Å². The van der Waals surface area contributed by atoms with Gasteiger partial charge in [0.05, 0.1) is 16.6 Å². The molecule has 1 amide bonds. The van der Waals surface area contributed by atoms with Crippen LogP contribution in [0.3, 0.4) is 0 Å². The number of nitrogens with one attached hydrogen (secondary N) is 1. The lowest BCUT2D eigenvalue weighted by Gasteiger charge is -2.18. The third kappa shape index (κ3) is 3.95. The van der Waals surface area contributed by atoms with E-state index in [0.717, 1.165) is 12.3 Å². The molecule has 4 rings (SSSR count). The van der Waals surface area contributed by atoms with Gasteiger partial charge >= 0.3 is 6.18 Å². The number of carbonyl (C=O) groups is 1. The molecule has 1 saturated heterocycles. The van der Waals surface area contributed by atoms with Crippen LogP contribution in [-0.4, -0.2) is 44.5 Å². The third-order valence-electron chi connectivity index (χ3n) is 5.50. The monoisotopic (exact) mass is 443 g/mol. The summed E-state index contributed by atoms with van der Waals surface area (Å²) in [6.45, 7) is 4.51. The Morgan fingerprint density at radius 1 is 1.25 bits per heavy atom. The van der Waals surface area contributed by atoms with Gasteiger partial charge in [0.25, 0.3) is 5.56 Å². The number of amides is 1. The predicted molar refractivity (Wildman–Crippen MR) is 114 cm³/mol. The van der Waals surface area contributed by atoms with Gasteiger partial charge < -0.3 is 14.8 Å². The SMILES string of the molecule is C=CC(=O)N1CCC(Nc2ncc(-c3ccc(C(F)(F)F)cn3)c3ccn(C)c(=O)c23)C1. The standard InChI is InChI=1S/C22H20F3N5O2/c1-3-18(31)30-9-6-14(12-30)28-20-19-15(7-8-29(2)21(19)32)16(11-27-20)17-5-4-13(10-26-17)22(23,24)25/h3-5,7-8,10-11,14H,1,6,9,12H2,2H3,(H,27,28). The molecule has 1 aliphatic rings. The molecule has 0 saturated carbocycles. The van der Waals surface area contributed by atoms with E-state index >= 15 is 0 Å².